The Morgan fingerprint density at radius 2 is 1.95 bits per heavy atom. The number of nitrogens with one attached hydrogen (secondary N) is 1. The highest BCUT2D eigenvalue weighted by Crippen LogP contribution is 2.39. The van der Waals surface area contributed by atoms with Gasteiger partial charge in [0, 0.05) is 32.4 Å². The third-order valence-electron chi connectivity index (χ3n) is 3.88. The number of aromatic nitrogens is 1. The molecule has 19 heavy (non-hydrogen) atoms. The molecule has 5 heteroatoms. The van der Waals surface area contributed by atoms with E-state index in [1.807, 2.05) is 12.3 Å². The zero-order valence-corrected chi connectivity index (χ0v) is 12.8. The Bertz CT molecular complexity index is 351. The molecular weight excluding hydrogens is 281 g/mol. The molecule has 3 rings (SSSR count). The molecule has 2 fully saturated rings. The van der Waals surface area contributed by atoms with E-state index in [-0.39, 0.29) is 24.8 Å². The number of pyridine rings is 1. The summed E-state index contributed by atoms with van der Waals surface area (Å²) >= 11 is 0. The molecule has 1 N–H and O–H groups in total. The molecule has 108 valence electrons. The molecule has 1 atom stereocenters. The Kier molecular flexibility index (Phi) is 7.08. The molecule has 0 radical (unpaired) electrons. The van der Waals surface area contributed by atoms with E-state index in [9.17, 15) is 0 Å². The number of nitrogens with zero attached hydrogens (tertiary/aromatic N) is 2. The first-order valence-corrected chi connectivity index (χ1v) is 6.79. The molecule has 2 aliphatic rings. The van der Waals surface area contributed by atoms with E-state index in [4.69, 9.17) is 0 Å². The topological polar surface area (TPSA) is 28.2 Å². The van der Waals surface area contributed by atoms with E-state index in [1.165, 1.54) is 25.0 Å². The van der Waals surface area contributed by atoms with Crippen LogP contribution in [-0.4, -0.2) is 36.1 Å². The summed E-state index contributed by atoms with van der Waals surface area (Å²) in [5.74, 6) is 0.955. The van der Waals surface area contributed by atoms with Gasteiger partial charge in [0.15, 0.2) is 0 Å². The lowest BCUT2D eigenvalue weighted by Gasteiger charge is -2.34. The van der Waals surface area contributed by atoms with Crippen molar-refractivity contribution in [1.29, 1.82) is 0 Å². The average Bonchev–Trinajstić information content (AvgIpc) is 3.22. The Hall–Kier alpha value is -0.350. The Balaban J connectivity index is 0.000000902. The quantitative estimate of drug-likeness (QED) is 0.927. The fourth-order valence-electron chi connectivity index (χ4n) is 2.69. The van der Waals surface area contributed by atoms with Gasteiger partial charge in [-0.05, 0) is 24.5 Å². The van der Waals surface area contributed by atoms with Crippen LogP contribution in [0.2, 0.25) is 0 Å². The van der Waals surface area contributed by atoms with Gasteiger partial charge in [-0.2, -0.15) is 0 Å². The van der Waals surface area contributed by atoms with Crippen LogP contribution in [0.15, 0.2) is 24.4 Å². The molecule has 2 heterocycles. The number of hydrogen-bond acceptors (Lipinski definition) is 3. The molecule has 1 aliphatic heterocycles. The minimum absolute atomic E-state index is 0. The summed E-state index contributed by atoms with van der Waals surface area (Å²) in [6, 6.07) is 6.86. The second-order valence-corrected chi connectivity index (χ2v) is 5.24. The van der Waals surface area contributed by atoms with Crippen molar-refractivity contribution in [2.24, 2.45) is 5.92 Å². The largest absolute Gasteiger partial charge is 0.314 e. The SMILES string of the molecule is Cl.Cl.c1ccc([C@H](CC2CC2)N2CCNCC2)nc1. The summed E-state index contributed by atoms with van der Waals surface area (Å²) in [6.07, 6.45) is 6.08. The molecular formula is C14H23Cl2N3. The first-order chi connectivity index (χ1) is 8.43. The molecule has 3 nitrogen and oxygen atoms in total. The van der Waals surface area contributed by atoms with Crippen LogP contribution in [0.3, 0.4) is 0 Å². The molecule has 1 aromatic heterocycles. The molecule has 0 bridgehead atoms. The molecule has 1 aromatic rings. The summed E-state index contributed by atoms with van der Waals surface area (Å²) in [6.45, 7) is 4.56. The average molecular weight is 304 g/mol. The van der Waals surface area contributed by atoms with Gasteiger partial charge in [0.1, 0.15) is 0 Å². The van der Waals surface area contributed by atoms with Crippen molar-refractivity contribution in [2.75, 3.05) is 26.2 Å². The molecule has 1 aliphatic carbocycles. The van der Waals surface area contributed by atoms with Crippen LogP contribution < -0.4 is 5.32 Å². The van der Waals surface area contributed by atoms with Crippen molar-refractivity contribution in [3.05, 3.63) is 30.1 Å². The van der Waals surface area contributed by atoms with Gasteiger partial charge in [-0.3, -0.25) is 9.88 Å². The van der Waals surface area contributed by atoms with E-state index in [0.29, 0.717) is 6.04 Å². The normalized spacial score (nSPS) is 21.1. The highest BCUT2D eigenvalue weighted by molar-refractivity contribution is 5.85. The Labute approximate surface area is 128 Å². The van der Waals surface area contributed by atoms with Crippen LogP contribution in [0.25, 0.3) is 0 Å². The van der Waals surface area contributed by atoms with Gasteiger partial charge in [-0.1, -0.05) is 18.9 Å². The molecule has 0 amide bonds. The van der Waals surface area contributed by atoms with E-state index >= 15 is 0 Å². The van der Waals surface area contributed by atoms with Crippen molar-refractivity contribution in [1.82, 2.24) is 15.2 Å². The van der Waals surface area contributed by atoms with E-state index in [1.54, 1.807) is 0 Å². The maximum Gasteiger partial charge on any atom is 0.0575 e. The second kappa shape index (κ2) is 8.05. The third-order valence-corrected chi connectivity index (χ3v) is 3.88. The van der Waals surface area contributed by atoms with Crippen molar-refractivity contribution in [3.63, 3.8) is 0 Å². The van der Waals surface area contributed by atoms with Crippen LogP contribution in [-0.2, 0) is 0 Å². The molecule has 0 aromatic carbocycles. The van der Waals surface area contributed by atoms with Crippen LogP contribution in [0.5, 0.6) is 0 Å². The maximum atomic E-state index is 4.57. The fourth-order valence-corrected chi connectivity index (χ4v) is 2.69. The highest BCUT2D eigenvalue weighted by atomic mass is 35.5. The van der Waals surface area contributed by atoms with Gasteiger partial charge >= 0.3 is 0 Å². The highest BCUT2D eigenvalue weighted by Gasteiger charge is 2.30. The standard InChI is InChI=1S/C14H21N3.2ClH/c1-2-6-16-13(3-1)14(11-12-4-5-12)17-9-7-15-8-10-17;;/h1-3,6,12,14-15H,4-5,7-11H2;2*1H/t14-;;/m0../s1. The number of hydrogen-bond donors (Lipinski definition) is 1. The first kappa shape index (κ1) is 16.7. The number of piperazine rings is 1. The molecule has 0 spiro atoms. The monoisotopic (exact) mass is 303 g/mol. The predicted molar refractivity (Wildman–Crippen MR) is 83.3 cm³/mol. The van der Waals surface area contributed by atoms with Crippen LogP contribution in [0, 0.1) is 5.92 Å². The van der Waals surface area contributed by atoms with Gasteiger partial charge in [-0.25, -0.2) is 0 Å². The summed E-state index contributed by atoms with van der Waals surface area (Å²) in [7, 11) is 0. The summed E-state index contributed by atoms with van der Waals surface area (Å²) in [4.78, 5) is 7.18. The fraction of sp³-hybridized carbons (Fsp3) is 0.643. The lowest BCUT2D eigenvalue weighted by atomic mass is 10.0. The minimum Gasteiger partial charge on any atom is -0.314 e. The Morgan fingerprint density at radius 1 is 1.21 bits per heavy atom. The van der Waals surface area contributed by atoms with E-state index in [2.05, 4.69) is 27.3 Å². The van der Waals surface area contributed by atoms with Gasteiger partial charge in [0.2, 0.25) is 0 Å². The summed E-state index contributed by atoms with van der Waals surface area (Å²) in [5.41, 5.74) is 1.27. The third kappa shape index (κ3) is 4.60. The predicted octanol–water partition coefficient (Wildman–Crippen LogP) is 2.67. The molecule has 1 saturated carbocycles. The Morgan fingerprint density at radius 3 is 2.53 bits per heavy atom. The zero-order chi connectivity index (χ0) is 11.5. The van der Waals surface area contributed by atoms with Crippen molar-refractivity contribution >= 4 is 24.8 Å². The lowest BCUT2D eigenvalue weighted by Crippen LogP contribution is -2.45. The lowest BCUT2D eigenvalue weighted by molar-refractivity contribution is 0.157. The van der Waals surface area contributed by atoms with Crippen molar-refractivity contribution < 1.29 is 0 Å². The van der Waals surface area contributed by atoms with Crippen molar-refractivity contribution in [2.45, 2.75) is 25.3 Å². The van der Waals surface area contributed by atoms with Crippen LogP contribution >= 0.6 is 24.8 Å². The number of rotatable bonds is 4. The maximum absolute atomic E-state index is 4.57. The van der Waals surface area contributed by atoms with E-state index in [0.717, 1.165) is 32.1 Å². The zero-order valence-electron chi connectivity index (χ0n) is 11.1. The van der Waals surface area contributed by atoms with Crippen LogP contribution in [0.1, 0.15) is 31.0 Å². The van der Waals surface area contributed by atoms with Gasteiger partial charge in [-0.15, -0.1) is 24.8 Å². The second-order valence-electron chi connectivity index (χ2n) is 5.24. The van der Waals surface area contributed by atoms with E-state index < -0.39 is 0 Å². The summed E-state index contributed by atoms with van der Waals surface area (Å²) in [5, 5.41) is 3.43. The van der Waals surface area contributed by atoms with Crippen LogP contribution in [0.4, 0.5) is 0 Å². The minimum atomic E-state index is 0. The number of halogens is 2. The molecule has 1 saturated heterocycles. The first-order valence-electron chi connectivity index (χ1n) is 6.79. The van der Waals surface area contributed by atoms with Gasteiger partial charge in [0.05, 0.1) is 11.7 Å². The smallest absolute Gasteiger partial charge is 0.0575 e. The van der Waals surface area contributed by atoms with Gasteiger partial charge in [0.25, 0.3) is 0 Å². The van der Waals surface area contributed by atoms with Crippen molar-refractivity contribution in [3.8, 4) is 0 Å². The molecule has 0 unspecified atom stereocenters. The van der Waals surface area contributed by atoms with Gasteiger partial charge < -0.3 is 5.32 Å². The summed E-state index contributed by atoms with van der Waals surface area (Å²) < 4.78 is 0.